The van der Waals surface area contributed by atoms with Crippen molar-refractivity contribution in [3.8, 4) is 11.1 Å². The van der Waals surface area contributed by atoms with Crippen molar-refractivity contribution in [1.29, 1.82) is 0 Å². The van der Waals surface area contributed by atoms with Gasteiger partial charge in [0.2, 0.25) is 0 Å². The molecule has 6 nitrogen and oxygen atoms in total. The second-order valence-electron chi connectivity index (χ2n) is 6.33. The standard InChI is InChI=1S/C21H19NO5/c1-14-5-2-7-16(11-14)17-8-3-6-15(12-17)13-18-20(25)22(21(26)27-18)10-4-9-19(23)24/h2-3,5-8,11-13H,4,9-10H2,1H3,(H,23,24)/b18-13-. The molecule has 1 N–H and O–H groups in total. The van der Waals surface area contributed by atoms with Gasteiger partial charge in [0.05, 0.1) is 0 Å². The minimum absolute atomic E-state index is 0.0185. The monoisotopic (exact) mass is 365 g/mol. The number of aryl methyl sites for hydroxylation is 1. The van der Waals surface area contributed by atoms with Crippen molar-refractivity contribution in [2.75, 3.05) is 6.54 Å². The number of hydrogen-bond acceptors (Lipinski definition) is 4. The highest BCUT2D eigenvalue weighted by molar-refractivity contribution is 6.09. The van der Waals surface area contributed by atoms with E-state index in [1.54, 1.807) is 0 Å². The number of nitrogens with zero attached hydrogens (tertiary/aromatic N) is 1. The van der Waals surface area contributed by atoms with Crippen LogP contribution in [0.5, 0.6) is 0 Å². The van der Waals surface area contributed by atoms with Crippen molar-refractivity contribution < 1.29 is 24.2 Å². The summed E-state index contributed by atoms with van der Waals surface area (Å²) < 4.78 is 5.06. The Hall–Kier alpha value is -3.41. The SMILES string of the molecule is Cc1cccc(-c2cccc(/C=C3\OC(=O)N(CCCC(=O)O)C3=O)c2)c1. The molecular formula is C21H19NO5. The zero-order valence-corrected chi connectivity index (χ0v) is 14.8. The number of carbonyl (C=O) groups excluding carboxylic acids is 2. The number of amides is 2. The first kappa shape index (κ1) is 18.4. The van der Waals surface area contributed by atoms with Crippen molar-refractivity contribution >= 4 is 24.0 Å². The number of carboxylic acids is 1. The number of rotatable bonds is 6. The van der Waals surface area contributed by atoms with Gasteiger partial charge in [0, 0.05) is 13.0 Å². The molecule has 1 aliphatic heterocycles. The van der Waals surface area contributed by atoms with Gasteiger partial charge in [-0.25, -0.2) is 9.69 Å². The Labute approximate surface area is 156 Å². The third-order valence-corrected chi connectivity index (χ3v) is 4.18. The Morgan fingerprint density at radius 1 is 1.11 bits per heavy atom. The van der Waals surface area contributed by atoms with Crippen LogP contribution in [-0.4, -0.2) is 34.5 Å². The van der Waals surface area contributed by atoms with Crippen LogP contribution in [0, 0.1) is 6.92 Å². The van der Waals surface area contributed by atoms with Gasteiger partial charge in [-0.3, -0.25) is 9.59 Å². The predicted molar refractivity (Wildman–Crippen MR) is 99.7 cm³/mol. The molecule has 0 aromatic heterocycles. The predicted octanol–water partition coefficient (Wildman–Crippen LogP) is 3.85. The number of hydrogen-bond donors (Lipinski definition) is 1. The molecule has 2 aromatic rings. The summed E-state index contributed by atoms with van der Waals surface area (Å²) in [6, 6.07) is 15.6. The molecule has 0 aliphatic carbocycles. The van der Waals surface area contributed by atoms with Crippen LogP contribution in [0.2, 0.25) is 0 Å². The zero-order valence-electron chi connectivity index (χ0n) is 14.8. The summed E-state index contributed by atoms with van der Waals surface area (Å²) in [4.78, 5) is 35.8. The maximum absolute atomic E-state index is 12.4. The first-order valence-corrected chi connectivity index (χ1v) is 8.58. The van der Waals surface area contributed by atoms with Gasteiger partial charge < -0.3 is 9.84 Å². The largest absolute Gasteiger partial charge is 0.481 e. The Balaban J connectivity index is 1.79. The second kappa shape index (κ2) is 7.86. The molecule has 0 unspecified atom stereocenters. The lowest BCUT2D eigenvalue weighted by atomic mass is 10.0. The molecule has 2 amide bonds. The number of ether oxygens (including phenoxy) is 1. The lowest BCUT2D eigenvalue weighted by molar-refractivity contribution is -0.137. The van der Waals surface area contributed by atoms with Crippen molar-refractivity contribution in [2.45, 2.75) is 19.8 Å². The summed E-state index contributed by atoms with van der Waals surface area (Å²) in [5.74, 6) is -1.58. The number of carboxylic acid groups (broad SMARTS) is 1. The zero-order chi connectivity index (χ0) is 19.4. The van der Waals surface area contributed by atoms with Crippen molar-refractivity contribution in [2.24, 2.45) is 0 Å². The molecule has 6 heteroatoms. The van der Waals surface area contributed by atoms with E-state index in [1.165, 1.54) is 6.08 Å². The van der Waals surface area contributed by atoms with Crippen molar-refractivity contribution in [1.82, 2.24) is 4.90 Å². The van der Waals surface area contributed by atoms with Crippen LogP contribution >= 0.6 is 0 Å². The number of aliphatic carboxylic acids is 1. The quantitative estimate of drug-likeness (QED) is 0.786. The third-order valence-electron chi connectivity index (χ3n) is 4.18. The van der Waals surface area contributed by atoms with E-state index in [-0.39, 0.29) is 25.1 Å². The van der Waals surface area contributed by atoms with Gasteiger partial charge in [0.25, 0.3) is 5.91 Å². The minimum Gasteiger partial charge on any atom is -0.481 e. The van der Waals surface area contributed by atoms with Crippen molar-refractivity contribution in [3.63, 3.8) is 0 Å². The van der Waals surface area contributed by atoms with Gasteiger partial charge in [-0.05, 0) is 42.2 Å². The number of cyclic esters (lactones) is 1. The second-order valence-corrected chi connectivity index (χ2v) is 6.33. The maximum atomic E-state index is 12.4. The molecule has 27 heavy (non-hydrogen) atoms. The molecule has 1 fully saturated rings. The van der Waals surface area contributed by atoms with E-state index in [0.29, 0.717) is 0 Å². The molecular weight excluding hydrogens is 346 g/mol. The molecule has 0 radical (unpaired) electrons. The molecule has 1 aliphatic rings. The smallest absolute Gasteiger partial charge is 0.422 e. The fourth-order valence-corrected chi connectivity index (χ4v) is 2.87. The van der Waals surface area contributed by atoms with Crippen LogP contribution in [0.4, 0.5) is 4.79 Å². The molecule has 2 aromatic carbocycles. The highest BCUT2D eigenvalue weighted by atomic mass is 16.6. The van der Waals surface area contributed by atoms with Gasteiger partial charge in [0.1, 0.15) is 0 Å². The number of benzene rings is 2. The van der Waals surface area contributed by atoms with Gasteiger partial charge in [0.15, 0.2) is 5.76 Å². The van der Waals surface area contributed by atoms with E-state index in [2.05, 4.69) is 6.07 Å². The number of imide groups is 1. The summed E-state index contributed by atoms with van der Waals surface area (Å²) in [7, 11) is 0. The molecule has 3 rings (SSSR count). The summed E-state index contributed by atoms with van der Waals surface area (Å²) in [5, 5.41) is 8.67. The molecule has 0 atom stereocenters. The van der Waals surface area contributed by atoms with Crippen LogP contribution < -0.4 is 0 Å². The highest BCUT2D eigenvalue weighted by Crippen LogP contribution is 2.24. The van der Waals surface area contributed by atoms with Crippen LogP contribution in [0.15, 0.2) is 54.3 Å². The minimum atomic E-state index is -0.973. The van der Waals surface area contributed by atoms with E-state index in [4.69, 9.17) is 9.84 Å². The van der Waals surface area contributed by atoms with Gasteiger partial charge >= 0.3 is 12.1 Å². The topological polar surface area (TPSA) is 83.9 Å². The van der Waals surface area contributed by atoms with Gasteiger partial charge in [-0.15, -0.1) is 0 Å². The third kappa shape index (κ3) is 4.41. The summed E-state index contributed by atoms with van der Waals surface area (Å²) in [5.41, 5.74) is 3.93. The Kier molecular flexibility index (Phi) is 5.35. The van der Waals surface area contributed by atoms with E-state index in [1.807, 2.05) is 49.4 Å². The maximum Gasteiger partial charge on any atom is 0.422 e. The Morgan fingerprint density at radius 2 is 1.81 bits per heavy atom. The van der Waals surface area contributed by atoms with Crippen LogP contribution in [-0.2, 0) is 14.3 Å². The average Bonchev–Trinajstić information content (AvgIpc) is 2.89. The Bertz CT molecular complexity index is 932. The summed E-state index contributed by atoms with van der Waals surface area (Å²) >= 11 is 0. The van der Waals surface area contributed by atoms with Gasteiger partial charge in [-0.1, -0.05) is 48.0 Å². The van der Waals surface area contributed by atoms with E-state index in [0.717, 1.165) is 27.2 Å². The average molecular weight is 365 g/mol. The molecule has 1 heterocycles. The lowest BCUT2D eigenvalue weighted by Crippen LogP contribution is -2.30. The summed E-state index contributed by atoms with van der Waals surface area (Å²) in [6.07, 6.45) is 0.823. The molecule has 138 valence electrons. The number of carbonyl (C=O) groups is 3. The van der Waals surface area contributed by atoms with Crippen LogP contribution in [0.25, 0.3) is 17.2 Å². The van der Waals surface area contributed by atoms with E-state index < -0.39 is 18.0 Å². The first-order valence-electron chi connectivity index (χ1n) is 8.58. The van der Waals surface area contributed by atoms with Crippen molar-refractivity contribution in [3.05, 3.63) is 65.4 Å². The molecule has 0 bridgehead atoms. The van der Waals surface area contributed by atoms with E-state index in [9.17, 15) is 14.4 Å². The Morgan fingerprint density at radius 3 is 2.52 bits per heavy atom. The first-order chi connectivity index (χ1) is 12.9. The lowest BCUT2D eigenvalue weighted by Gasteiger charge is -2.08. The molecule has 1 saturated heterocycles. The highest BCUT2D eigenvalue weighted by Gasteiger charge is 2.36. The van der Waals surface area contributed by atoms with E-state index >= 15 is 0 Å². The normalized spacial score (nSPS) is 15.3. The van der Waals surface area contributed by atoms with Gasteiger partial charge in [-0.2, -0.15) is 0 Å². The van der Waals surface area contributed by atoms with Crippen LogP contribution in [0.1, 0.15) is 24.0 Å². The fraction of sp³-hybridized carbons (Fsp3) is 0.190. The van der Waals surface area contributed by atoms with Crippen LogP contribution in [0.3, 0.4) is 0 Å². The summed E-state index contributed by atoms with van der Waals surface area (Å²) in [6.45, 7) is 2.04. The molecule has 0 spiro atoms. The fourth-order valence-electron chi connectivity index (χ4n) is 2.87. The molecule has 0 saturated carbocycles.